The van der Waals surface area contributed by atoms with Gasteiger partial charge in [-0.1, -0.05) is 23.7 Å². The van der Waals surface area contributed by atoms with E-state index in [0.717, 1.165) is 18.7 Å². The predicted octanol–water partition coefficient (Wildman–Crippen LogP) is 1.65. The topological polar surface area (TPSA) is 72.9 Å². The van der Waals surface area contributed by atoms with Crippen molar-refractivity contribution < 1.29 is 14.7 Å². The van der Waals surface area contributed by atoms with Gasteiger partial charge in [0.15, 0.2) is 0 Å². The minimum atomic E-state index is -0.824. The van der Waals surface area contributed by atoms with Crippen LogP contribution in [0.3, 0.4) is 0 Å². The molecular weight excluding hydrogens is 366 g/mol. The van der Waals surface area contributed by atoms with Crippen molar-refractivity contribution in [3.63, 3.8) is 0 Å². The van der Waals surface area contributed by atoms with Crippen molar-refractivity contribution in [3.05, 3.63) is 34.9 Å². The van der Waals surface area contributed by atoms with Crippen LogP contribution < -0.4 is 5.32 Å². The molecule has 0 radical (unpaired) electrons. The Bertz CT molecular complexity index is 672. The van der Waals surface area contributed by atoms with Gasteiger partial charge in [0.05, 0.1) is 11.5 Å². The number of nitrogens with one attached hydrogen (secondary N) is 1. The van der Waals surface area contributed by atoms with Gasteiger partial charge in [-0.25, -0.2) is 0 Å². The average Bonchev–Trinajstić information content (AvgIpc) is 2.66. The fourth-order valence-electron chi connectivity index (χ4n) is 3.70. The molecule has 0 aromatic heterocycles. The first-order valence-electron chi connectivity index (χ1n) is 9.55. The Labute approximate surface area is 165 Å². The van der Waals surface area contributed by atoms with Crippen molar-refractivity contribution in [3.8, 4) is 0 Å². The highest BCUT2D eigenvalue weighted by molar-refractivity contribution is 6.30. The summed E-state index contributed by atoms with van der Waals surface area (Å²) in [7, 11) is 2.03. The van der Waals surface area contributed by atoms with Gasteiger partial charge in [-0.2, -0.15) is 0 Å². The highest BCUT2D eigenvalue weighted by Gasteiger charge is 2.34. The van der Waals surface area contributed by atoms with Crippen molar-refractivity contribution >= 4 is 23.4 Å². The molecule has 1 aromatic rings. The molecule has 6 nitrogen and oxygen atoms in total. The van der Waals surface area contributed by atoms with Crippen LogP contribution in [0.4, 0.5) is 0 Å². The van der Waals surface area contributed by atoms with Gasteiger partial charge in [-0.05, 0) is 44.0 Å². The van der Waals surface area contributed by atoms with Gasteiger partial charge in [-0.3, -0.25) is 9.59 Å². The van der Waals surface area contributed by atoms with E-state index in [0.29, 0.717) is 43.8 Å². The summed E-state index contributed by atoms with van der Waals surface area (Å²) < 4.78 is 0. The number of carbonyl (C=O) groups excluding carboxylic acids is 2. The van der Waals surface area contributed by atoms with E-state index in [4.69, 9.17) is 11.6 Å². The molecule has 2 amide bonds. The number of likely N-dealkylation sites (tertiary alicyclic amines) is 2. The van der Waals surface area contributed by atoms with E-state index >= 15 is 0 Å². The Morgan fingerprint density at radius 2 is 1.96 bits per heavy atom. The molecule has 7 heteroatoms. The smallest absolute Gasteiger partial charge is 0.225 e. The van der Waals surface area contributed by atoms with E-state index in [9.17, 15) is 14.7 Å². The van der Waals surface area contributed by atoms with Crippen LogP contribution in [-0.2, 0) is 16.1 Å². The van der Waals surface area contributed by atoms with Crippen LogP contribution >= 0.6 is 11.6 Å². The second-order valence-corrected chi connectivity index (χ2v) is 8.32. The molecule has 2 aliphatic rings. The average molecular weight is 394 g/mol. The number of aliphatic hydroxyl groups is 1. The number of hydrogen-bond acceptors (Lipinski definition) is 4. The summed E-state index contributed by atoms with van der Waals surface area (Å²) in [5, 5.41) is 14.2. The molecule has 2 saturated heterocycles. The number of nitrogens with zero attached hydrogens (tertiary/aromatic N) is 2. The standard InChI is InChI=1S/C20H28ClN3O3/c1-23-10-8-20(27,9-11-23)14-22-19(26)16-4-7-18(25)24(13-16)12-15-2-5-17(21)6-3-15/h2-3,5-6,16,27H,4,7-14H2,1H3,(H,22,26)/t16-/m0/s1. The molecule has 27 heavy (non-hydrogen) atoms. The number of rotatable bonds is 5. The fourth-order valence-corrected chi connectivity index (χ4v) is 3.83. The Kier molecular flexibility index (Phi) is 6.40. The van der Waals surface area contributed by atoms with E-state index in [1.54, 1.807) is 17.0 Å². The maximum atomic E-state index is 12.6. The molecule has 0 spiro atoms. The quantitative estimate of drug-likeness (QED) is 0.797. The van der Waals surface area contributed by atoms with E-state index in [2.05, 4.69) is 10.2 Å². The molecule has 0 unspecified atom stereocenters. The van der Waals surface area contributed by atoms with Crippen LogP contribution in [0.1, 0.15) is 31.2 Å². The molecule has 2 heterocycles. The molecule has 0 saturated carbocycles. The van der Waals surface area contributed by atoms with Crippen molar-refractivity contribution in [1.82, 2.24) is 15.1 Å². The molecule has 1 aromatic carbocycles. The third-order valence-electron chi connectivity index (χ3n) is 5.67. The summed E-state index contributed by atoms with van der Waals surface area (Å²) in [6, 6.07) is 7.40. The number of halogens is 1. The van der Waals surface area contributed by atoms with E-state index in [1.165, 1.54) is 0 Å². The SMILES string of the molecule is CN1CCC(O)(CNC(=O)[C@H]2CCC(=O)N(Cc3ccc(Cl)cc3)C2)CC1. The zero-order chi connectivity index (χ0) is 19.4. The lowest BCUT2D eigenvalue weighted by atomic mass is 9.90. The first kappa shape index (κ1) is 20.1. The lowest BCUT2D eigenvalue weighted by Crippen LogP contribution is -2.52. The molecule has 1 atom stereocenters. The van der Waals surface area contributed by atoms with E-state index < -0.39 is 5.60 Å². The highest BCUT2D eigenvalue weighted by atomic mass is 35.5. The first-order valence-corrected chi connectivity index (χ1v) is 9.93. The molecule has 3 rings (SSSR count). The summed E-state index contributed by atoms with van der Waals surface area (Å²) in [5.74, 6) is -0.233. The Hall–Kier alpha value is -1.63. The van der Waals surface area contributed by atoms with Gasteiger partial charge in [0.25, 0.3) is 0 Å². The predicted molar refractivity (Wildman–Crippen MR) is 104 cm³/mol. The maximum Gasteiger partial charge on any atom is 0.225 e. The van der Waals surface area contributed by atoms with Crippen molar-refractivity contribution in [2.24, 2.45) is 5.92 Å². The molecule has 0 bridgehead atoms. The Balaban J connectivity index is 1.52. The minimum Gasteiger partial charge on any atom is -0.388 e. The second-order valence-electron chi connectivity index (χ2n) is 7.88. The van der Waals surface area contributed by atoms with Crippen molar-refractivity contribution in [1.29, 1.82) is 0 Å². The monoisotopic (exact) mass is 393 g/mol. The molecule has 148 valence electrons. The highest BCUT2D eigenvalue weighted by Crippen LogP contribution is 2.23. The van der Waals surface area contributed by atoms with Crippen LogP contribution in [0.25, 0.3) is 0 Å². The van der Waals surface area contributed by atoms with Crippen LogP contribution in [0.2, 0.25) is 5.02 Å². The maximum absolute atomic E-state index is 12.6. The molecule has 0 aliphatic carbocycles. The third kappa shape index (κ3) is 5.43. The summed E-state index contributed by atoms with van der Waals surface area (Å²) in [5.41, 5.74) is 0.171. The van der Waals surface area contributed by atoms with E-state index in [1.807, 2.05) is 19.2 Å². The second kappa shape index (κ2) is 8.59. The van der Waals surface area contributed by atoms with Crippen molar-refractivity contribution in [2.45, 2.75) is 37.8 Å². The Morgan fingerprint density at radius 3 is 2.63 bits per heavy atom. The lowest BCUT2D eigenvalue weighted by Gasteiger charge is -2.37. The summed E-state index contributed by atoms with van der Waals surface area (Å²) >= 11 is 5.91. The number of piperidine rings is 2. The number of amides is 2. The number of hydrogen-bond donors (Lipinski definition) is 2. The molecule has 2 aliphatic heterocycles. The molecule has 2 fully saturated rings. The zero-order valence-corrected chi connectivity index (χ0v) is 16.5. The van der Waals surface area contributed by atoms with Gasteiger partial charge in [0, 0.05) is 44.2 Å². The summed E-state index contributed by atoms with van der Waals surface area (Å²) in [4.78, 5) is 28.8. The minimum absolute atomic E-state index is 0.0722. The summed E-state index contributed by atoms with van der Waals surface area (Å²) in [6.45, 7) is 2.84. The van der Waals surface area contributed by atoms with Gasteiger partial charge < -0.3 is 20.2 Å². The van der Waals surface area contributed by atoms with E-state index in [-0.39, 0.29) is 24.3 Å². The molecular formula is C20H28ClN3O3. The van der Waals surface area contributed by atoms with Crippen LogP contribution in [0, 0.1) is 5.92 Å². The number of carbonyl (C=O) groups is 2. The summed E-state index contributed by atoms with van der Waals surface area (Å²) in [6.07, 6.45) is 2.26. The van der Waals surface area contributed by atoms with Crippen LogP contribution in [-0.4, -0.2) is 65.5 Å². The normalized spacial score (nSPS) is 23.3. The van der Waals surface area contributed by atoms with Crippen molar-refractivity contribution in [2.75, 3.05) is 33.2 Å². The fraction of sp³-hybridized carbons (Fsp3) is 0.600. The third-order valence-corrected chi connectivity index (χ3v) is 5.92. The Morgan fingerprint density at radius 1 is 1.30 bits per heavy atom. The van der Waals surface area contributed by atoms with Gasteiger partial charge >= 0.3 is 0 Å². The van der Waals surface area contributed by atoms with Crippen LogP contribution in [0.15, 0.2) is 24.3 Å². The van der Waals surface area contributed by atoms with Gasteiger partial charge in [0.1, 0.15) is 0 Å². The van der Waals surface area contributed by atoms with Gasteiger partial charge in [-0.15, -0.1) is 0 Å². The largest absolute Gasteiger partial charge is 0.388 e. The number of benzene rings is 1. The molecule has 2 N–H and O–H groups in total. The zero-order valence-electron chi connectivity index (χ0n) is 15.8. The van der Waals surface area contributed by atoms with Gasteiger partial charge in [0.2, 0.25) is 11.8 Å². The lowest BCUT2D eigenvalue weighted by molar-refractivity contribution is -0.139. The van der Waals surface area contributed by atoms with Crippen LogP contribution in [0.5, 0.6) is 0 Å². The first-order chi connectivity index (χ1) is 12.8.